The van der Waals surface area contributed by atoms with Crippen molar-refractivity contribution in [1.29, 1.82) is 0 Å². The number of anilines is 2. The fourth-order valence-electron chi connectivity index (χ4n) is 2.47. The first kappa shape index (κ1) is 18.4. The second-order valence-corrected chi connectivity index (χ2v) is 8.44. The molecule has 0 saturated carbocycles. The van der Waals surface area contributed by atoms with E-state index < -0.39 is 27.3 Å². The van der Waals surface area contributed by atoms with Crippen LogP contribution in [-0.2, 0) is 19.8 Å². The van der Waals surface area contributed by atoms with Crippen LogP contribution in [0.2, 0.25) is 0 Å². The minimum Gasteiger partial charge on any atom is -0.326 e. The molecule has 1 aromatic carbocycles. The highest BCUT2D eigenvalue weighted by Gasteiger charge is 2.33. The fourth-order valence-corrected chi connectivity index (χ4v) is 3.25. The summed E-state index contributed by atoms with van der Waals surface area (Å²) in [6.07, 6.45) is 0.00562. The molecule has 2 rings (SSSR count). The van der Waals surface area contributed by atoms with Crippen LogP contribution in [0, 0.1) is 11.3 Å². The number of benzene rings is 1. The topological polar surface area (TPSA) is 83.6 Å². The van der Waals surface area contributed by atoms with Gasteiger partial charge in [0.25, 0.3) is 0 Å². The van der Waals surface area contributed by atoms with E-state index in [1.54, 1.807) is 45.0 Å². The van der Waals surface area contributed by atoms with Gasteiger partial charge < -0.3 is 10.2 Å². The number of amides is 2. The van der Waals surface area contributed by atoms with Gasteiger partial charge in [-0.05, 0) is 24.3 Å². The number of hydrogen-bond donors (Lipinski definition) is 1. The van der Waals surface area contributed by atoms with Gasteiger partial charge in [0.2, 0.25) is 11.8 Å². The van der Waals surface area contributed by atoms with Gasteiger partial charge in [0.1, 0.15) is 0 Å². The highest BCUT2D eigenvalue weighted by Crippen LogP contribution is 2.27. The Bertz CT molecular complexity index is 738. The molecule has 1 fully saturated rings. The second-order valence-electron chi connectivity index (χ2n) is 7.03. The van der Waals surface area contributed by atoms with E-state index in [0.717, 1.165) is 0 Å². The van der Waals surface area contributed by atoms with Crippen LogP contribution in [0.15, 0.2) is 24.3 Å². The molecule has 1 saturated heterocycles. The zero-order valence-corrected chi connectivity index (χ0v) is 14.7. The number of nitrogens with one attached hydrogen (secondary N) is 1. The number of nitrogens with zero attached hydrogens (tertiary/aromatic N) is 1. The lowest BCUT2D eigenvalue weighted by Gasteiger charge is -2.19. The maximum atomic E-state index is 12.8. The normalized spacial score (nSPS) is 18.8. The smallest absolute Gasteiger partial charge is 0.302 e. The molecule has 1 aliphatic heterocycles. The summed E-state index contributed by atoms with van der Waals surface area (Å²) < 4.78 is 34.2. The largest absolute Gasteiger partial charge is 0.326 e. The molecule has 1 atom stereocenters. The van der Waals surface area contributed by atoms with Crippen LogP contribution in [0.4, 0.5) is 15.3 Å². The van der Waals surface area contributed by atoms with Gasteiger partial charge in [-0.1, -0.05) is 20.8 Å². The van der Waals surface area contributed by atoms with Gasteiger partial charge in [-0.2, -0.15) is 8.42 Å². The molecule has 8 heteroatoms. The number of carbonyl (C=O) groups excluding carboxylic acids is 2. The summed E-state index contributed by atoms with van der Waals surface area (Å²) in [5, 5.41) is 2.78. The summed E-state index contributed by atoms with van der Waals surface area (Å²) in [7, 11) is -4.60. The van der Waals surface area contributed by atoms with Crippen molar-refractivity contribution in [2.75, 3.05) is 22.5 Å². The first-order valence-electron chi connectivity index (χ1n) is 7.60. The Morgan fingerprint density at radius 1 is 1.29 bits per heavy atom. The summed E-state index contributed by atoms with van der Waals surface area (Å²) in [4.78, 5) is 25.4. The van der Waals surface area contributed by atoms with Crippen molar-refractivity contribution in [2.24, 2.45) is 11.3 Å². The molecule has 2 amide bonds. The summed E-state index contributed by atoms with van der Waals surface area (Å²) in [5.74, 6) is -1.56. The lowest BCUT2D eigenvalue weighted by Crippen LogP contribution is -2.28. The Balaban J connectivity index is 2.06. The summed E-state index contributed by atoms with van der Waals surface area (Å²) in [6, 6.07) is 6.68. The Morgan fingerprint density at radius 3 is 2.38 bits per heavy atom. The Labute approximate surface area is 141 Å². The SMILES string of the molecule is CC(C)(C)C(=O)Nc1ccc(N2CC(CS(=O)(=O)F)CC2=O)cc1. The fraction of sp³-hybridized carbons (Fsp3) is 0.500. The molecule has 1 aromatic rings. The van der Waals surface area contributed by atoms with E-state index in [4.69, 9.17) is 0 Å². The van der Waals surface area contributed by atoms with E-state index in [1.165, 1.54) is 4.90 Å². The molecule has 0 spiro atoms. The number of carbonyl (C=O) groups is 2. The number of hydrogen-bond acceptors (Lipinski definition) is 4. The maximum absolute atomic E-state index is 12.8. The van der Waals surface area contributed by atoms with Gasteiger partial charge in [0, 0.05) is 35.7 Å². The molecule has 1 N–H and O–H groups in total. The number of halogens is 1. The summed E-state index contributed by atoms with van der Waals surface area (Å²) in [6.45, 7) is 5.58. The first-order chi connectivity index (χ1) is 11.0. The van der Waals surface area contributed by atoms with E-state index in [9.17, 15) is 21.9 Å². The monoisotopic (exact) mass is 356 g/mol. The molecule has 132 valence electrons. The van der Waals surface area contributed by atoms with E-state index in [-0.39, 0.29) is 24.8 Å². The first-order valence-corrected chi connectivity index (χ1v) is 9.15. The molecular formula is C16H21FN2O4S. The molecule has 1 heterocycles. The third-order valence-electron chi connectivity index (χ3n) is 3.76. The molecule has 6 nitrogen and oxygen atoms in total. The van der Waals surface area contributed by atoms with E-state index in [0.29, 0.717) is 11.4 Å². The van der Waals surface area contributed by atoms with Gasteiger partial charge in [0.05, 0.1) is 5.75 Å². The van der Waals surface area contributed by atoms with Gasteiger partial charge >= 0.3 is 10.2 Å². The van der Waals surface area contributed by atoms with Crippen LogP contribution in [0.3, 0.4) is 0 Å². The van der Waals surface area contributed by atoms with Crippen LogP contribution < -0.4 is 10.2 Å². The van der Waals surface area contributed by atoms with Crippen molar-refractivity contribution in [3.8, 4) is 0 Å². The molecule has 0 bridgehead atoms. The van der Waals surface area contributed by atoms with Gasteiger partial charge in [-0.3, -0.25) is 9.59 Å². The molecule has 0 radical (unpaired) electrons. The van der Waals surface area contributed by atoms with Crippen LogP contribution in [0.25, 0.3) is 0 Å². The predicted octanol–water partition coefficient (Wildman–Crippen LogP) is 2.32. The van der Waals surface area contributed by atoms with Crippen molar-refractivity contribution < 1.29 is 21.9 Å². The minimum absolute atomic E-state index is 0.00562. The predicted molar refractivity (Wildman–Crippen MR) is 89.9 cm³/mol. The van der Waals surface area contributed by atoms with Gasteiger partial charge in [-0.25, -0.2) is 0 Å². The third kappa shape index (κ3) is 4.77. The number of rotatable bonds is 4. The quantitative estimate of drug-likeness (QED) is 0.839. The zero-order valence-electron chi connectivity index (χ0n) is 13.9. The average molecular weight is 356 g/mol. The van der Waals surface area contributed by atoms with Crippen LogP contribution in [0.1, 0.15) is 27.2 Å². The van der Waals surface area contributed by atoms with Crippen molar-refractivity contribution in [1.82, 2.24) is 0 Å². The Morgan fingerprint density at radius 2 is 1.88 bits per heavy atom. The average Bonchev–Trinajstić information content (AvgIpc) is 2.77. The van der Waals surface area contributed by atoms with Crippen LogP contribution >= 0.6 is 0 Å². The van der Waals surface area contributed by atoms with Gasteiger partial charge in [0.15, 0.2) is 0 Å². The van der Waals surface area contributed by atoms with E-state index in [1.807, 2.05) is 0 Å². The molecule has 0 aliphatic carbocycles. The van der Waals surface area contributed by atoms with Crippen molar-refractivity contribution in [2.45, 2.75) is 27.2 Å². The highest BCUT2D eigenvalue weighted by molar-refractivity contribution is 7.86. The van der Waals surface area contributed by atoms with Crippen molar-refractivity contribution in [3.05, 3.63) is 24.3 Å². The van der Waals surface area contributed by atoms with Crippen molar-refractivity contribution >= 4 is 33.4 Å². The minimum atomic E-state index is -4.60. The molecule has 24 heavy (non-hydrogen) atoms. The standard InChI is InChI=1S/C16H21FN2O4S/c1-16(2,3)15(21)18-12-4-6-13(7-5-12)19-9-11(8-14(19)20)10-24(17,22)23/h4-7,11H,8-10H2,1-3H3,(H,18,21). The second kappa shape index (κ2) is 6.51. The maximum Gasteiger partial charge on any atom is 0.302 e. The van der Waals surface area contributed by atoms with Crippen molar-refractivity contribution in [3.63, 3.8) is 0 Å². The highest BCUT2D eigenvalue weighted by atomic mass is 32.3. The van der Waals surface area contributed by atoms with E-state index >= 15 is 0 Å². The summed E-state index contributed by atoms with van der Waals surface area (Å²) in [5.41, 5.74) is 0.676. The summed E-state index contributed by atoms with van der Waals surface area (Å²) >= 11 is 0. The Kier molecular flexibility index (Phi) is 4.98. The molecular weight excluding hydrogens is 335 g/mol. The zero-order chi connectivity index (χ0) is 18.1. The van der Waals surface area contributed by atoms with Crippen LogP contribution in [0.5, 0.6) is 0 Å². The molecule has 0 aromatic heterocycles. The molecule has 1 unspecified atom stereocenters. The van der Waals surface area contributed by atoms with Crippen LogP contribution in [-0.4, -0.2) is 32.5 Å². The molecule has 1 aliphatic rings. The van der Waals surface area contributed by atoms with E-state index in [2.05, 4.69) is 5.32 Å². The lowest BCUT2D eigenvalue weighted by molar-refractivity contribution is -0.123. The third-order valence-corrected chi connectivity index (χ3v) is 4.63. The lowest BCUT2D eigenvalue weighted by atomic mass is 9.95. The van der Waals surface area contributed by atoms with Gasteiger partial charge in [-0.15, -0.1) is 3.89 Å². The Hall–Kier alpha value is -1.96.